The standard InChI is InChI=1S/C19H29N3O2/c1-3-17(11-15-8-6-14(2)7-9-15)21-19(24)22-10-4-5-16(13-22)12-18(20)23/h6-9,16-17H,3-5,10-13H2,1-2H3,(H2,20,23)(H,21,24)/t16-,17+/m1/s1. The summed E-state index contributed by atoms with van der Waals surface area (Å²) in [5, 5.41) is 3.14. The number of piperidine rings is 1. The molecule has 0 bridgehead atoms. The van der Waals surface area contributed by atoms with Gasteiger partial charge in [0.25, 0.3) is 0 Å². The first-order valence-electron chi connectivity index (χ1n) is 8.87. The van der Waals surface area contributed by atoms with Crippen LogP contribution >= 0.6 is 0 Å². The van der Waals surface area contributed by atoms with Crippen LogP contribution < -0.4 is 11.1 Å². The van der Waals surface area contributed by atoms with Gasteiger partial charge < -0.3 is 16.0 Å². The molecule has 1 aromatic carbocycles. The number of nitrogens with zero attached hydrogens (tertiary/aromatic N) is 1. The van der Waals surface area contributed by atoms with Gasteiger partial charge in [-0.05, 0) is 44.1 Å². The molecule has 5 heteroatoms. The first kappa shape index (κ1) is 18.3. The van der Waals surface area contributed by atoms with Gasteiger partial charge in [-0.3, -0.25) is 4.79 Å². The Balaban J connectivity index is 1.88. The Morgan fingerprint density at radius 2 is 2.04 bits per heavy atom. The third-order valence-corrected chi connectivity index (χ3v) is 4.72. The number of carbonyl (C=O) groups is 2. The number of nitrogens with two attached hydrogens (primary N) is 1. The van der Waals surface area contributed by atoms with Gasteiger partial charge in [0.1, 0.15) is 0 Å². The first-order valence-corrected chi connectivity index (χ1v) is 8.87. The van der Waals surface area contributed by atoms with Crippen LogP contribution in [0.25, 0.3) is 0 Å². The number of rotatable bonds is 6. The molecule has 3 N–H and O–H groups in total. The summed E-state index contributed by atoms with van der Waals surface area (Å²) < 4.78 is 0. The van der Waals surface area contributed by atoms with Crippen LogP contribution in [0.1, 0.15) is 43.7 Å². The van der Waals surface area contributed by atoms with E-state index in [1.54, 1.807) is 0 Å². The third-order valence-electron chi connectivity index (χ3n) is 4.72. The molecule has 5 nitrogen and oxygen atoms in total. The summed E-state index contributed by atoms with van der Waals surface area (Å²) >= 11 is 0. The van der Waals surface area contributed by atoms with Gasteiger partial charge in [0.05, 0.1) is 0 Å². The zero-order chi connectivity index (χ0) is 17.5. The fourth-order valence-electron chi connectivity index (χ4n) is 3.27. The van der Waals surface area contributed by atoms with E-state index in [1.165, 1.54) is 11.1 Å². The van der Waals surface area contributed by atoms with Gasteiger partial charge in [-0.25, -0.2) is 4.79 Å². The molecule has 0 aliphatic carbocycles. The molecule has 0 saturated carbocycles. The van der Waals surface area contributed by atoms with Crippen molar-refractivity contribution in [2.75, 3.05) is 13.1 Å². The Hall–Kier alpha value is -2.04. The molecule has 1 aliphatic heterocycles. The lowest BCUT2D eigenvalue weighted by Crippen LogP contribution is -2.49. The molecular formula is C19H29N3O2. The van der Waals surface area contributed by atoms with Gasteiger partial charge in [-0.2, -0.15) is 0 Å². The summed E-state index contributed by atoms with van der Waals surface area (Å²) in [6.07, 6.45) is 3.98. The van der Waals surface area contributed by atoms with Crippen LogP contribution in [0.2, 0.25) is 0 Å². The number of hydrogen-bond donors (Lipinski definition) is 2. The summed E-state index contributed by atoms with van der Waals surface area (Å²) in [7, 11) is 0. The molecular weight excluding hydrogens is 302 g/mol. The van der Waals surface area contributed by atoms with Crippen molar-refractivity contribution < 1.29 is 9.59 Å². The Kier molecular flexibility index (Phi) is 6.64. The van der Waals surface area contributed by atoms with Gasteiger partial charge >= 0.3 is 6.03 Å². The maximum Gasteiger partial charge on any atom is 0.317 e. The number of aryl methyl sites for hydroxylation is 1. The molecule has 1 fully saturated rings. The second kappa shape index (κ2) is 8.71. The van der Waals surface area contributed by atoms with Crippen molar-refractivity contribution in [1.82, 2.24) is 10.2 Å². The summed E-state index contributed by atoms with van der Waals surface area (Å²) in [4.78, 5) is 25.5. The van der Waals surface area contributed by atoms with Crippen molar-refractivity contribution in [1.29, 1.82) is 0 Å². The first-order chi connectivity index (χ1) is 11.5. The van der Waals surface area contributed by atoms with Crippen molar-refractivity contribution in [2.24, 2.45) is 11.7 Å². The highest BCUT2D eigenvalue weighted by Gasteiger charge is 2.25. The molecule has 1 aromatic rings. The highest BCUT2D eigenvalue weighted by Crippen LogP contribution is 2.19. The number of nitrogens with one attached hydrogen (secondary N) is 1. The van der Waals surface area contributed by atoms with E-state index in [0.717, 1.165) is 32.2 Å². The van der Waals surface area contributed by atoms with Gasteiger partial charge in [0.15, 0.2) is 0 Å². The van der Waals surface area contributed by atoms with Crippen molar-refractivity contribution >= 4 is 11.9 Å². The molecule has 0 unspecified atom stereocenters. The largest absolute Gasteiger partial charge is 0.370 e. The van der Waals surface area contributed by atoms with Crippen LogP contribution in [-0.4, -0.2) is 36.0 Å². The lowest BCUT2D eigenvalue weighted by Gasteiger charge is -2.33. The number of likely N-dealkylation sites (tertiary alicyclic amines) is 1. The number of urea groups is 1. The van der Waals surface area contributed by atoms with Gasteiger partial charge in [-0.1, -0.05) is 36.8 Å². The monoisotopic (exact) mass is 331 g/mol. The fraction of sp³-hybridized carbons (Fsp3) is 0.579. The molecule has 132 valence electrons. The van der Waals surface area contributed by atoms with Crippen molar-refractivity contribution in [2.45, 2.75) is 52.0 Å². The number of benzene rings is 1. The summed E-state index contributed by atoms with van der Waals surface area (Å²) in [6.45, 7) is 5.53. The van der Waals surface area contributed by atoms with Crippen LogP contribution in [0.15, 0.2) is 24.3 Å². The molecule has 1 saturated heterocycles. The Labute approximate surface area is 144 Å². The van der Waals surface area contributed by atoms with Gasteiger partial charge in [-0.15, -0.1) is 0 Å². The molecule has 2 rings (SSSR count). The van der Waals surface area contributed by atoms with E-state index in [0.29, 0.717) is 13.0 Å². The molecule has 0 aromatic heterocycles. The SMILES string of the molecule is CC[C@@H](Cc1ccc(C)cc1)NC(=O)N1CCC[C@H](CC(N)=O)C1. The molecule has 2 atom stereocenters. The summed E-state index contributed by atoms with van der Waals surface area (Å²) in [5.41, 5.74) is 7.76. The maximum absolute atomic E-state index is 12.5. The molecule has 1 heterocycles. The molecule has 24 heavy (non-hydrogen) atoms. The van der Waals surface area contributed by atoms with Crippen LogP contribution in [0.5, 0.6) is 0 Å². The summed E-state index contributed by atoms with van der Waals surface area (Å²) in [6, 6.07) is 8.54. The number of primary amides is 1. The van der Waals surface area contributed by atoms with E-state index in [9.17, 15) is 9.59 Å². The minimum atomic E-state index is -0.284. The normalized spacial score (nSPS) is 18.9. The molecule has 1 aliphatic rings. The van der Waals surface area contributed by atoms with Gasteiger partial charge in [0.2, 0.25) is 5.91 Å². The lowest BCUT2D eigenvalue weighted by atomic mass is 9.95. The zero-order valence-corrected chi connectivity index (χ0v) is 14.8. The van der Waals surface area contributed by atoms with Crippen LogP contribution in [0, 0.1) is 12.8 Å². The van der Waals surface area contributed by atoms with E-state index in [4.69, 9.17) is 5.73 Å². The highest BCUT2D eigenvalue weighted by atomic mass is 16.2. The van der Waals surface area contributed by atoms with Crippen molar-refractivity contribution in [3.05, 3.63) is 35.4 Å². The number of amides is 3. The Bertz CT molecular complexity index is 556. The molecule has 3 amide bonds. The smallest absolute Gasteiger partial charge is 0.317 e. The van der Waals surface area contributed by atoms with Crippen molar-refractivity contribution in [3.63, 3.8) is 0 Å². The second-order valence-electron chi connectivity index (χ2n) is 6.87. The van der Waals surface area contributed by atoms with E-state index in [2.05, 4.69) is 43.4 Å². The fourth-order valence-corrected chi connectivity index (χ4v) is 3.27. The maximum atomic E-state index is 12.5. The van der Waals surface area contributed by atoms with E-state index in [1.807, 2.05) is 4.90 Å². The third kappa shape index (κ3) is 5.55. The quantitative estimate of drug-likeness (QED) is 0.841. The van der Waals surface area contributed by atoms with E-state index < -0.39 is 0 Å². The highest BCUT2D eigenvalue weighted by molar-refractivity contribution is 5.76. The minimum Gasteiger partial charge on any atom is -0.370 e. The van der Waals surface area contributed by atoms with Crippen molar-refractivity contribution in [3.8, 4) is 0 Å². The second-order valence-corrected chi connectivity index (χ2v) is 6.87. The summed E-state index contributed by atoms with van der Waals surface area (Å²) in [5.74, 6) is -0.0905. The van der Waals surface area contributed by atoms with Crippen LogP contribution in [0.3, 0.4) is 0 Å². The molecule has 0 radical (unpaired) electrons. The average molecular weight is 331 g/mol. The van der Waals surface area contributed by atoms with Crippen LogP contribution in [-0.2, 0) is 11.2 Å². The Morgan fingerprint density at radius 1 is 1.33 bits per heavy atom. The van der Waals surface area contributed by atoms with Crippen LogP contribution in [0.4, 0.5) is 4.79 Å². The van der Waals surface area contributed by atoms with Gasteiger partial charge in [0, 0.05) is 25.6 Å². The number of hydrogen-bond acceptors (Lipinski definition) is 2. The molecule has 0 spiro atoms. The predicted molar refractivity (Wildman–Crippen MR) is 95.6 cm³/mol. The number of carbonyl (C=O) groups excluding carboxylic acids is 2. The predicted octanol–water partition coefficient (Wildman–Crippen LogP) is 2.61. The Morgan fingerprint density at radius 3 is 2.67 bits per heavy atom. The topological polar surface area (TPSA) is 75.4 Å². The van der Waals surface area contributed by atoms with E-state index in [-0.39, 0.29) is 23.9 Å². The van der Waals surface area contributed by atoms with E-state index >= 15 is 0 Å². The zero-order valence-electron chi connectivity index (χ0n) is 14.8. The minimum absolute atomic E-state index is 0.0249. The lowest BCUT2D eigenvalue weighted by molar-refractivity contribution is -0.119. The average Bonchev–Trinajstić information content (AvgIpc) is 2.55.